The Morgan fingerprint density at radius 2 is 2.13 bits per heavy atom. The third-order valence-electron chi connectivity index (χ3n) is 3.37. The minimum atomic E-state index is -0.792. The fraction of sp³-hybridized carbons (Fsp3) is 0.545. The molecule has 0 atom stereocenters. The number of aromatic nitrogens is 1. The number of aliphatic carboxylic acids is 1. The molecule has 0 saturated heterocycles. The number of aliphatic hydroxyl groups is 1. The van der Waals surface area contributed by atoms with E-state index in [1.54, 1.807) is 12.4 Å². The topological polar surface area (TPSA) is 73.3 Å². The van der Waals surface area contributed by atoms with Crippen LogP contribution in [-0.4, -0.2) is 27.3 Å². The first-order valence-corrected chi connectivity index (χ1v) is 5.20. The Balaban J connectivity index is 2.30. The molecule has 1 saturated carbocycles. The van der Waals surface area contributed by atoms with Gasteiger partial charge in [-0.1, -0.05) is 0 Å². The number of nitrogens with one attached hydrogen (secondary N) is 1. The van der Waals surface area contributed by atoms with Crippen molar-refractivity contribution in [2.75, 3.05) is 0 Å². The standard InChI is InChI=1S/C11H15NO3/c13-9-1-4-11(5-2-9,10(14)15)8-3-6-12-7-8/h3,6-7,9,12-13H,1-2,4-5H2,(H,14,15). The van der Waals surface area contributed by atoms with E-state index >= 15 is 0 Å². The van der Waals surface area contributed by atoms with Crippen LogP contribution in [0.1, 0.15) is 31.2 Å². The minimum Gasteiger partial charge on any atom is -0.481 e. The zero-order valence-corrected chi connectivity index (χ0v) is 8.44. The van der Waals surface area contributed by atoms with E-state index in [-0.39, 0.29) is 6.10 Å². The van der Waals surface area contributed by atoms with Crippen LogP contribution in [0.25, 0.3) is 0 Å². The van der Waals surface area contributed by atoms with Gasteiger partial charge in [-0.05, 0) is 37.3 Å². The van der Waals surface area contributed by atoms with E-state index in [0.29, 0.717) is 25.7 Å². The van der Waals surface area contributed by atoms with Gasteiger partial charge in [0.15, 0.2) is 0 Å². The zero-order valence-electron chi connectivity index (χ0n) is 8.44. The van der Waals surface area contributed by atoms with Gasteiger partial charge in [0.25, 0.3) is 0 Å². The summed E-state index contributed by atoms with van der Waals surface area (Å²) in [7, 11) is 0. The molecular weight excluding hydrogens is 194 g/mol. The first kappa shape index (κ1) is 10.2. The SMILES string of the molecule is O=C(O)C1(c2cc[nH]c2)CCC(O)CC1. The fourth-order valence-corrected chi connectivity index (χ4v) is 2.34. The monoisotopic (exact) mass is 209 g/mol. The molecule has 0 spiro atoms. The Hall–Kier alpha value is -1.29. The summed E-state index contributed by atoms with van der Waals surface area (Å²) in [5, 5.41) is 18.8. The predicted octanol–water partition coefficient (Wildman–Crippen LogP) is 1.27. The molecule has 0 aromatic carbocycles. The number of H-pyrrole nitrogens is 1. The number of aromatic amines is 1. The van der Waals surface area contributed by atoms with Crippen molar-refractivity contribution >= 4 is 5.97 Å². The molecule has 4 nitrogen and oxygen atoms in total. The maximum absolute atomic E-state index is 11.4. The summed E-state index contributed by atoms with van der Waals surface area (Å²) in [5.74, 6) is -0.783. The second kappa shape index (κ2) is 3.70. The molecule has 1 aliphatic carbocycles. The van der Waals surface area contributed by atoms with E-state index in [4.69, 9.17) is 0 Å². The smallest absolute Gasteiger partial charge is 0.314 e. The van der Waals surface area contributed by atoms with Gasteiger partial charge < -0.3 is 15.2 Å². The molecule has 0 bridgehead atoms. The van der Waals surface area contributed by atoms with Gasteiger partial charge in [0.2, 0.25) is 0 Å². The third-order valence-corrected chi connectivity index (χ3v) is 3.37. The summed E-state index contributed by atoms with van der Waals surface area (Å²) in [6.07, 6.45) is 5.31. The van der Waals surface area contributed by atoms with E-state index < -0.39 is 11.4 Å². The van der Waals surface area contributed by atoms with E-state index in [1.807, 2.05) is 6.07 Å². The van der Waals surface area contributed by atoms with Crippen LogP contribution in [0.2, 0.25) is 0 Å². The fourth-order valence-electron chi connectivity index (χ4n) is 2.34. The quantitative estimate of drug-likeness (QED) is 0.686. The highest BCUT2D eigenvalue weighted by atomic mass is 16.4. The highest BCUT2D eigenvalue weighted by Gasteiger charge is 2.43. The molecule has 1 heterocycles. The van der Waals surface area contributed by atoms with E-state index in [9.17, 15) is 15.0 Å². The van der Waals surface area contributed by atoms with Crippen LogP contribution in [0.4, 0.5) is 0 Å². The molecule has 2 rings (SSSR count). The van der Waals surface area contributed by atoms with Crippen molar-refractivity contribution in [3.05, 3.63) is 24.0 Å². The van der Waals surface area contributed by atoms with Crippen molar-refractivity contribution in [3.8, 4) is 0 Å². The van der Waals surface area contributed by atoms with Gasteiger partial charge >= 0.3 is 5.97 Å². The molecule has 4 heteroatoms. The lowest BCUT2D eigenvalue weighted by Crippen LogP contribution is -2.40. The van der Waals surface area contributed by atoms with Gasteiger partial charge in [-0.3, -0.25) is 4.79 Å². The van der Waals surface area contributed by atoms with Crippen molar-refractivity contribution in [1.82, 2.24) is 4.98 Å². The maximum atomic E-state index is 11.4. The average Bonchev–Trinajstić information content (AvgIpc) is 2.72. The third kappa shape index (κ3) is 1.65. The summed E-state index contributed by atoms with van der Waals surface area (Å²) >= 11 is 0. The van der Waals surface area contributed by atoms with E-state index in [2.05, 4.69) is 4.98 Å². The molecule has 0 unspecified atom stereocenters. The predicted molar refractivity (Wildman–Crippen MR) is 54.6 cm³/mol. The van der Waals surface area contributed by atoms with Gasteiger partial charge in [0.1, 0.15) is 0 Å². The second-order valence-electron chi connectivity index (χ2n) is 4.22. The zero-order chi connectivity index (χ0) is 10.9. The first-order chi connectivity index (χ1) is 7.15. The molecule has 3 N–H and O–H groups in total. The lowest BCUT2D eigenvalue weighted by atomic mass is 9.69. The molecule has 15 heavy (non-hydrogen) atoms. The van der Waals surface area contributed by atoms with Crippen molar-refractivity contribution < 1.29 is 15.0 Å². The van der Waals surface area contributed by atoms with Crippen molar-refractivity contribution in [2.45, 2.75) is 37.2 Å². The Labute approximate surface area is 87.9 Å². The molecule has 1 fully saturated rings. The summed E-state index contributed by atoms with van der Waals surface area (Å²) in [5.41, 5.74) is 0.0288. The Bertz CT molecular complexity index is 337. The van der Waals surface area contributed by atoms with E-state index in [0.717, 1.165) is 5.56 Å². The molecule has 0 radical (unpaired) electrons. The van der Waals surface area contributed by atoms with Gasteiger partial charge in [-0.15, -0.1) is 0 Å². The van der Waals surface area contributed by atoms with Crippen LogP contribution >= 0.6 is 0 Å². The van der Waals surface area contributed by atoms with Crippen LogP contribution < -0.4 is 0 Å². The number of hydrogen-bond acceptors (Lipinski definition) is 2. The number of carboxylic acid groups (broad SMARTS) is 1. The molecule has 0 aliphatic heterocycles. The van der Waals surface area contributed by atoms with E-state index in [1.165, 1.54) is 0 Å². The van der Waals surface area contributed by atoms with Crippen LogP contribution in [0.3, 0.4) is 0 Å². The number of rotatable bonds is 2. The van der Waals surface area contributed by atoms with Gasteiger partial charge in [-0.2, -0.15) is 0 Å². The molecule has 82 valence electrons. The normalized spacial score (nSPS) is 31.4. The summed E-state index contributed by atoms with van der Waals surface area (Å²) in [6, 6.07) is 1.81. The molecule has 1 aromatic rings. The highest BCUT2D eigenvalue weighted by molar-refractivity contribution is 5.81. The number of carboxylic acids is 1. The molecule has 1 aliphatic rings. The largest absolute Gasteiger partial charge is 0.481 e. The summed E-state index contributed by atoms with van der Waals surface area (Å²) < 4.78 is 0. The average molecular weight is 209 g/mol. The van der Waals surface area contributed by atoms with Gasteiger partial charge in [0, 0.05) is 12.4 Å². The molecule has 0 amide bonds. The van der Waals surface area contributed by atoms with Crippen LogP contribution in [0.15, 0.2) is 18.5 Å². The van der Waals surface area contributed by atoms with Crippen molar-refractivity contribution in [2.24, 2.45) is 0 Å². The lowest BCUT2D eigenvalue weighted by molar-refractivity contribution is -0.146. The van der Waals surface area contributed by atoms with Gasteiger partial charge in [0.05, 0.1) is 11.5 Å². The second-order valence-corrected chi connectivity index (χ2v) is 4.22. The Morgan fingerprint density at radius 1 is 1.47 bits per heavy atom. The first-order valence-electron chi connectivity index (χ1n) is 5.20. The lowest BCUT2D eigenvalue weighted by Gasteiger charge is -2.34. The van der Waals surface area contributed by atoms with Crippen LogP contribution in [-0.2, 0) is 10.2 Å². The minimum absolute atomic E-state index is 0.337. The highest BCUT2D eigenvalue weighted by Crippen LogP contribution is 2.39. The summed E-state index contributed by atoms with van der Waals surface area (Å²) in [6.45, 7) is 0. The number of aliphatic hydroxyl groups excluding tert-OH is 1. The number of carbonyl (C=O) groups is 1. The Morgan fingerprint density at radius 3 is 2.60 bits per heavy atom. The van der Waals surface area contributed by atoms with Crippen LogP contribution in [0.5, 0.6) is 0 Å². The molecular formula is C11H15NO3. The molecule has 1 aromatic heterocycles. The van der Waals surface area contributed by atoms with Crippen LogP contribution in [0, 0.1) is 0 Å². The van der Waals surface area contributed by atoms with Crippen molar-refractivity contribution in [3.63, 3.8) is 0 Å². The Kier molecular flexibility index (Phi) is 2.52. The maximum Gasteiger partial charge on any atom is 0.314 e. The summed E-state index contributed by atoms with van der Waals surface area (Å²) in [4.78, 5) is 14.3. The number of hydrogen-bond donors (Lipinski definition) is 3. The van der Waals surface area contributed by atoms with Crippen molar-refractivity contribution in [1.29, 1.82) is 0 Å². The van der Waals surface area contributed by atoms with Gasteiger partial charge in [-0.25, -0.2) is 0 Å².